The van der Waals surface area contributed by atoms with Gasteiger partial charge in [-0.3, -0.25) is 4.99 Å². The standard InChI is InChI=1S/C21H36N4/c1-5-22-21(23-17(4)12-11-15-25(6-2)7-3)24-20-16-19(20)18-13-9-8-10-14-18/h8-10,13-14,17,19-20H,5-7,11-12,15-16H2,1-4H3,(H2,22,23,24). The predicted octanol–water partition coefficient (Wildman–Crippen LogP) is 3.61. The molecule has 1 aromatic carbocycles. The molecule has 2 N–H and O–H groups in total. The van der Waals surface area contributed by atoms with Gasteiger partial charge in [-0.1, -0.05) is 44.2 Å². The second kappa shape index (κ2) is 10.4. The lowest BCUT2D eigenvalue weighted by Gasteiger charge is -2.21. The van der Waals surface area contributed by atoms with Crippen molar-refractivity contribution < 1.29 is 0 Å². The van der Waals surface area contributed by atoms with E-state index in [1.54, 1.807) is 0 Å². The van der Waals surface area contributed by atoms with Crippen molar-refractivity contribution in [2.75, 3.05) is 26.2 Å². The van der Waals surface area contributed by atoms with Crippen LogP contribution in [-0.4, -0.2) is 49.1 Å². The Hall–Kier alpha value is -1.55. The molecule has 140 valence electrons. The lowest BCUT2D eigenvalue weighted by Crippen LogP contribution is -2.43. The van der Waals surface area contributed by atoms with Crippen molar-refractivity contribution >= 4 is 5.96 Å². The topological polar surface area (TPSA) is 39.7 Å². The number of benzene rings is 1. The number of aliphatic imine (C=N–C) groups is 1. The number of nitrogens with zero attached hydrogens (tertiary/aromatic N) is 2. The maximum absolute atomic E-state index is 4.63. The van der Waals surface area contributed by atoms with Gasteiger partial charge in [0.2, 0.25) is 0 Å². The van der Waals surface area contributed by atoms with Crippen molar-refractivity contribution in [3.8, 4) is 0 Å². The fraction of sp³-hybridized carbons (Fsp3) is 0.667. The fourth-order valence-corrected chi connectivity index (χ4v) is 3.36. The van der Waals surface area contributed by atoms with E-state index in [4.69, 9.17) is 0 Å². The maximum atomic E-state index is 4.63. The molecule has 0 radical (unpaired) electrons. The highest BCUT2D eigenvalue weighted by Crippen LogP contribution is 2.40. The van der Waals surface area contributed by atoms with Crippen LogP contribution in [0.15, 0.2) is 35.3 Å². The largest absolute Gasteiger partial charge is 0.354 e. The molecule has 0 amide bonds. The molecule has 0 spiro atoms. The highest BCUT2D eigenvalue weighted by atomic mass is 15.2. The van der Waals surface area contributed by atoms with Crippen LogP contribution in [0.25, 0.3) is 0 Å². The third-order valence-corrected chi connectivity index (χ3v) is 5.05. The number of nitrogens with one attached hydrogen (secondary N) is 2. The van der Waals surface area contributed by atoms with Crippen LogP contribution >= 0.6 is 0 Å². The van der Waals surface area contributed by atoms with Crippen LogP contribution in [0.4, 0.5) is 0 Å². The van der Waals surface area contributed by atoms with E-state index in [2.05, 4.69) is 78.6 Å². The second-order valence-electron chi connectivity index (χ2n) is 7.04. The van der Waals surface area contributed by atoms with Gasteiger partial charge in [-0.25, -0.2) is 0 Å². The van der Waals surface area contributed by atoms with Crippen molar-refractivity contribution in [3.63, 3.8) is 0 Å². The first-order chi connectivity index (χ1) is 12.2. The quantitative estimate of drug-likeness (QED) is 0.503. The smallest absolute Gasteiger partial charge is 0.191 e. The summed E-state index contributed by atoms with van der Waals surface area (Å²) in [5, 5.41) is 7.21. The minimum Gasteiger partial charge on any atom is -0.354 e. The zero-order chi connectivity index (χ0) is 18.1. The van der Waals surface area contributed by atoms with Gasteiger partial charge in [0.1, 0.15) is 0 Å². The molecule has 0 aromatic heterocycles. The first kappa shape index (κ1) is 19.8. The van der Waals surface area contributed by atoms with E-state index in [1.165, 1.54) is 31.4 Å². The van der Waals surface area contributed by atoms with Gasteiger partial charge < -0.3 is 15.5 Å². The zero-order valence-electron chi connectivity index (χ0n) is 16.5. The number of hydrogen-bond acceptors (Lipinski definition) is 2. The highest BCUT2D eigenvalue weighted by Gasteiger charge is 2.38. The van der Waals surface area contributed by atoms with Crippen LogP contribution in [0.3, 0.4) is 0 Å². The van der Waals surface area contributed by atoms with E-state index in [0.29, 0.717) is 18.0 Å². The van der Waals surface area contributed by atoms with Gasteiger partial charge in [-0.2, -0.15) is 0 Å². The lowest BCUT2D eigenvalue weighted by atomic mass is 10.1. The molecule has 1 fully saturated rings. The number of rotatable bonds is 10. The summed E-state index contributed by atoms with van der Waals surface area (Å²) in [5.74, 6) is 1.60. The molecule has 3 atom stereocenters. The molecular formula is C21H36N4. The molecule has 1 aliphatic rings. The predicted molar refractivity (Wildman–Crippen MR) is 108 cm³/mol. The van der Waals surface area contributed by atoms with Crippen LogP contribution in [-0.2, 0) is 0 Å². The van der Waals surface area contributed by atoms with Gasteiger partial charge >= 0.3 is 0 Å². The SMILES string of the molecule is CCN=C(NC(C)CCCN(CC)CC)NC1CC1c1ccccc1. The molecule has 3 unspecified atom stereocenters. The molecule has 1 aromatic rings. The molecule has 0 aliphatic heterocycles. The van der Waals surface area contributed by atoms with Crippen LogP contribution < -0.4 is 10.6 Å². The average molecular weight is 345 g/mol. The summed E-state index contributed by atoms with van der Waals surface area (Å²) in [4.78, 5) is 7.12. The lowest BCUT2D eigenvalue weighted by molar-refractivity contribution is 0.292. The van der Waals surface area contributed by atoms with Crippen LogP contribution in [0, 0.1) is 0 Å². The van der Waals surface area contributed by atoms with Crippen molar-refractivity contribution in [2.45, 2.75) is 65.0 Å². The van der Waals surface area contributed by atoms with Gasteiger partial charge in [-0.15, -0.1) is 0 Å². The summed E-state index contributed by atoms with van der Waals surface area (Å²) in [6.07, 6.45) is 3.60. The first-order valence-corrected chi connectivity index (χ1v) is 10.0. The summed E-state index contributed by atoms with van der Waals surface area (Å²) in [6.45, 7) is 13.1. The Morgan fingerprint density at radius 3 is 2.56 bits per heavy atom. The molecule has 4 nitrogen and oxygen atoms in total. The number of guanidine groups is 1. The van der Waals surface area contributed by atoms with Crippen molar-refractivity contribution in [1.82, 2.24) is 15.5 Å². The molecule has 1 saturated carbocycles. The normalized spacial score (nSPS) is 21.2. The third kappa shape index (κ3) is 6.69. The maximum Gasteiger partial charge on any atom is 0.191 e. The molecule has 4 heteroatoms. The van der Waals surface area contributed by atoms with E-state index < -0.39 is 0 Å². The Kier molecular flexibility index (Phi) is 8.26. The summed E-state index contributed by atoms with van der Waals surface area (Å²) in [7, 11) is 0. The number of hydrogen-bond donors (Lipinski definition) is 2. The van der Waals surface area contributed by atoms with Crippen LogP contribution in [0.5, 0.6) is 0 Å². The highest BCUT2D eigenvalue weighted by molar-refractivity contribution is 5.81. The molecule has 2 rings (SSSR count). The molecule has 25 heavy (non-hydrogen) atoms. The summed E-state index contributed by atoms with van der Waals surface area (Å²) in [6, 6.07) is 11.8. The van der Waals surface area contributed by atoms with Crippen molar-refractivity contribution in [3.05, 3.63) is 35.9 Å². The fourth-order valence-electron chi connectivity index (χ4n) is 3.36. The van der Waals surface area contributed by atoms with E-state index in [9.17, 15) is 0 Å². The monoisotopic (exact) mass is 344 g/mol. The van der Waals surface area contributed by atoms with E-state index in [1.807, 2.05) is 0 Å². The van der Waals surface area contributed by atoms with Crippen molar-refractivity contribution in [1.29, 1.82) is 0 Å². The second-order valence-corrected chi connectivity index (χ2v) is 7.04. The van der Waals surface area contributed by atoms with E-state index in [-0.39, 0.29) is 0 Å². The Labute approximate surface area is 154 Å². The third-order valence-electron chi connectivity index (χ3n) is 5.05. The zero-order valence-corrected chi connectivity index (χ0v) is 16.5. The average Bonchev–Trinajstić information content (AvgIpc) is 3.39. The molecule has 0 heterocycles. The minimum atomic E-state index is 0.447. The minimum absolute atomic E-state index is 0.447. The van der Waals surface area contributed by atoms with Crippen molar-refractivity contribution in [2.24, 2.45) is 4.99 Å². The Balaban J connectivity index is 1.75. The Morgan fingerprint density at radius 2 is 1.92 bits per heavy atom. The van der Waals surface area contributed by atoms with Gasteiger partial charge in [0.05, 0.1) is 0 Å². The van der Waals surface area contributed by atoms with Gasteiger partial charge in [0.25, 0.3) is 0 Å². The van der Waals surface area contributed by atoms with Gasteiger partial charge in [0.15, 0.2) is 5.96 Å². The molecule has 1 aliphatic carbocycles. The molecule has 0 saturated heterocycles. The summed E-state index contributed by atoms with van der Waals surface area (Å²) < 4.78 is 0. The summed E-state index contributed by atoms with van der Waals surface area (Å²) in [5.41, 5.74) is 1.43. The molecule has 0 bridgehead atoms. The Morgan fingerprint density at radius 1 is 1.20 bits per heavy atom. The van der Waals surface area contributed by atoms with E-state index >= 15 is 0 Å². The first-order valence-electron chi connectivity index (χ1n) is 10.0. The van der Waals surface area contributed by atoms with Crippen LogP contribution in [0.1, 0.15) is 58.4 Å². The van der Waals surface area contributed by atoms with Gasteiger partial charge in [0, 0.05) is 24.5 Å². The Bertz CT molecular complexity index is 510. The van der Waals surface area contributed by atoms with Gasteiger partial charge in [-0.05, 0) is 58.3 Å². The molecular weight excluding hydrogens is 308 g/mol. The summed E-state index contributed by atoms with van der Waals surface area (Å²) >= 11 is 0. The van der Waals surface area contributed by atoms with E-state index in [0.717, 1.165) is 25.6 Å². The van der Waals surface area contributed by atoms with Crippen LogP contribution in [0.2, 0.25) is 0 Å².